The van der Waals surface area contributed by atoms with Crippen LogP contribution < -0.4 is 4.84 Å². The molecule has 0 spiro atoms. The van der Waals surface area contributed by atoms with Gasteiger partial charge in [0, 0.05) is 12.1 Å². The van der Waals surface area contributed by atoms with E-state index in [0.717, 1.165) is 42.7 Å². The van der Waals surface area contributed by atoms with Gasteiger partial charge in [-0.25, -0.2) is 0 Å². The molecule has 0 unspecified atom stereocenters. The van der Waals surface area contributed by atoms with E-state index in [2.05, 4.69) is 12.1 Å². The standard InChI is InChI=1S/C24H32N2O4/c1-24-13-12-20-19-9-3-16(25-30-18-6-4-17(5-7-18)26(28)29)14-15(19)2-8-21(20)22(24)10-11-23(24)27/h4-7,15,19-23,27H,2-3,8-14H2,1H3/b25-16+/t15-,19-,20+,21+,22-,23-,24-/m0/s1. The number of benzene rings is 1. The summed E-state index contributed by atoms with van der Waals surface area (Å²) in [5.74, 6) is 4.39. The molecule has 0 bridgehead atoms. The van der Waals surface area contributed by atoms with Gasteiger partial charge >= 0.3 is 0 Å². The molecular formula is C24H32N2O4. The van der Waals surface area contributed by atoms with Crippen molar-refractivity contribution in [3.05, 3.63) is 34.4 Å². The van der Waals surface area contributed by atoms with Crippen LogP contribution in [0.2, 0.25) is 0 Å². The van der Waals surface area contributed by atoms with Gasteiger partial charge in [0.05, 0.1) is 16.7 Å². The number of aliphatic hydroxyl groups excluding tert-OH is 1. The van der Waals surface area contributed by atoms with E-state index in [0.29, 0.717) is 17.6 Å². The van der Waals surface area contributed by atoms with Crippen molar-refractivity contribution in [3.63, 3.8) is 0 Å². The lowest BCUT2D eigenvalue weighted by atomic mass is 9.50. The normalized spacial score (nSPS) is 41.6. The Morgan fingerprint density at radius 1 is 1.07 bits per heavy atom. The summed E-state index contributed by atoms with van der Waals surface area (Å²) >= 11 is 0. The van der Waals surface area contributed by atoms with Crippen LogP contribution in [-0.4, -0.2) is 21.8 Å². The molecule has 6 heteroatoms. The summed E-state index contributed by atoms with van der Waals surface area (Å²) in [4.78, 5) is 15.9. The molecule has 0 radical (unpaired) electrons. The summed E-state index contributed by atoms with van der Waals surface area (Å²) in [7, 11) is 0. The topological polar surface area (TPSA) is 85.0 Å². The van der Waals surface area contributed by atoms with E-state index in [9.17, 15) is 15.2 Å². The molecule has 4 fully saturated rings. The largest absolute Gasteiger partial charge is 0.393 e. The van der Waals surface area contributed by atoms with E-state index in [-0.39, 0.29) is 17.2 Å². The van der Waals surface area contributed by atoms with Crippen molar-refractivity contribution in [1.29, 1.82) is 0 Å². The highest BCUT2D eigenvalue weighted by molar-refractivity contribution is 5.85. The Bertz CT molecular complexity index is 838. The molecular weight excluding hydrogens is 380 g/mol. The van der Waals surface area contributed by atoms with Crippen LogP contribution >= 0.6 is 0 Å². The van der Waals surface area contributed by atoms with Crippen LogP contribution in [0, 0.1) is 45.1 Å². The number of aliphatic hydroxyl groups is 1. The zero-order valence-electron chi connectivity index (χ0n) is 17.7. The third-order valence-electron chi connectivity index (χ3n) is 9.06. The third kappa shape index (κ3) is 3.33. The molecule has 1 aromatic rings. The molecule has 30 heavy (non-hydrogen) atoms. The first-order valence-corrected chi connectivity index (χ1v) is 11.6. The Balaban J connectivity index is 1.23. The molecule has 0 saturated heterocycles. The van der Waals surface area contributed by atoms with Crippen LogP contribution in [0.4, 0.5) is 5.69 Å². The molecule has 1 N–H and O–H groups in total. The van der Waals surface area contributed by atoms with E-state index < -0.39 is 4.92 Å². The molecule has 5 rings (SSSR count). The number of nitro groups is 1. The Morgan fingerprint density at radius 3 is 2.63 bits per heavy atom. The lowest BCUT2D eigenvalue weighted by Crippen LogP contribution is -2.49. The third-order valence-corrected chi connectivity index (χ3v) is 9.06. The van der Waals surface area contributed by atoms with Gasteiger partial charge in [-0.15, -0.1) is 0 Å². The second-order valence-corrected chi connectivity index (χ2v) is 10.3. The molecule has 0 aliphatic heterocycles. The maximum Gasteiger partial charge on any atom is 0.269 e. The maximum absolute atomic E-state index is 10.8. The second-order valence-electron chi connectivity index (χ2n) is 10.3. The van der Waals surface area contributed by atoms with Gasteiger partial charge in [-0.1, -0.05) is 12.1 Å². The van der Waals surface area contributed by atoms with Gasteiger partial charge in [-0.3, -0.25) is 10.1 Å². The molecule has 4 aliphatic rings. The number of hydrogen-bond acceptors (Lipinski definition) is 5. The molecule has 1 aromatic carbocycles. The fourth-order valence-electron chi connectivity index (χ4n) is 7.48. The van der Waals surface area contributed by atoms with Crippen molar-refractivity contribution in [3.8, 4) is 5.75 Å². The highest BCUT2D eigenvalue weighted by atomic mass is 16.6. The Hall–Kier alpha value is -1.95. The van der Waals surface area contributed by atoms with Crippen molar-refractivity contribution >= 4 is 11.4 Å². The Morgan fingerprint density at radius 2 is 1.87 bits per heavy atom. The molecule has 4 saturated carbocycles. The van der Waals surface area contributed by atoms with Crippen molar-refractivity contribution in [2.24, 2.45) is 40.2 Å². The minimum absolute atomic E-state index is 0.0608. The maximum atomic E-state index is 10.8. The number of nitrogens with zero attached hydrogens (tertiary/aromatic N) is 2. The number of oxime groups is 1. The molecule has 0 heterocycles. The van der Waals surface area contributed by atoms with E-state index in [1.807, 2.05) is 0 Å². The second kappa shape index (κ2) is 7.63. The zero-order chi connectivity index (χ0) is 20.9. The molecule has 4 aliphatic carbocycles. The predicted molar refractivity (Wildman–Crippen MR) is 114 cm³/mol. The number of hydrogen-bond donors (Lipinski definition) is 1. The van der Waals surface area contributed by atoms with Crippen LogP contribution in [-0.2, 0) is 0 Å². The summed E-state index contributed by atoms with van der Waals surface area (Å²) in [6.45, 7) is 2.35. The Kier molecular flexibility index (Phi) is 5.08. The van der Waals surface area contributed by atoms with Crippen molar-refractivity contribution in [2.45, 2.75) is 70.8 Å². The van der Waals surface area contributed by atoms with Crippen LogP contribution in [0.1, 0.15) is 64.7 Å². The minimum atomic E-state index is -0.409. The van der Waals surface area contributed by atoms with Gasteiger partial charge in [0.2, 0.25) is 0 Å². The number of nitro benzene ring substituents is 1. The monoisotopic (exact) mass is 412 g/mol. The first-order chi connectivity index (χ1) is 14.5. The highest BCUT2D eigenvalue weighted by Gasteiger charge is 2.56. The first-order valence-electron chi connectivity index (χ1n) is 11.6. The van der Waals surface area contributed by atoms with E-state index in [4.69, 9.17) is 4.84 Å². The summed E-state index contributed by atoms with van der Waals surface area (Å²) in [6, 6.07) is 6.11. The predicted octanol–water partition coefficient (Wildman–Crippen LogP) is 5.34. The average Bonchev–Trinajstić information content (AvgIpc) is 3.06. The smallest absolute Gasteiger partial charge is 0.269 e. The van der Waals surface area contributed by atoms with E-state index in [1.165, 1.54) is 50.7 Å². The van der Waals surface area contributed by atoms with Crippen LogP contribution in [0.5, 0.6) is 5.75 Å². The fourth-order valence-corrected chi connectivity index (χ4v) is 7.48. The van der Waals surface area contributed by atoms with Crippen molar-refractivity contribution < 1.29 is 14.9 Å². The van der Waals surface area contributed by atoms with Gasteiger partial charge in [-0.05, 0) is 105 Å². The highest BCUT2D eigenvalue weighted by Crippen LogP contribution is 2.62. The van der Waals surface area contributed by atoms with Gasteiger partial charge in [0.15, 0.2) is 5.75 Å². The number of non-ortho nitro benzene ring substituents is 1. The molecule has 6 nitrogen and oxygen atoms in total. The molecule has 7 atom stereocenters. The molecule has 0 amide bonds. The van der Waals surface area contributed by atoms with E-state index >= 15 is 0 Å². The summed E-state index contributed by atoms with van der Waals surface area (Å²) in [5.41, 5.74) is 1.35. The quantitative estimate of drug-likeness (QED) is 0.536. The fraction of sp³-hybridized carbons (Fsp3) is 0.708. The van der Waals surface area contributed by atoms with Crippen molar-refractivity contribution in [2.75, 3.05) is 0 Å². The molecule has 0 aromatic heterocycles. The van der Waals surface area contributed by atoms with Gasteiger partial charge in [0.1, 0.15) is 0 Å². The summed E-state index contributed by atoms with van der Waals surface area (Å²) < 4.78 is 0. The van der Waals surface area contributed by atoms with Crippen LogP contribution in [0.3, 0.4) is 0 Å². The van der Waals surface area contributed by atoms with Gasteiger partial charge in [0.25, 0.3) is 5.69 Å². The average molecular weight is 413 g/mol. The number of fused-ring (bicyclic) bond motifs is 5. The Labute approximate surface area is 177 Å². The van der Waals surface area contributed by atoms with Crippen molar-refractivity contribution in [1.82, 2.24) is 0 Å². The van der Waals surface area contributed by atoms with Gasteiger partial charge in [-0.2, -0.15) is 0 Å². The van der Waals surface area contributed by atoms with Crippen LogP contribution in [0.15, 0.2) is 29.4 Å². The summed E-state index contributed by atoms with van der Waals surface area (Å²) in [6.07, 6.45) is 10.4. The lowest BCUT2D eigenvalue weighted by Gasteiger charge is -2.55. The minimum Gasteiger partial charge on any atom is -0.393 e. The number of rotatable bonds is 3. The molecule has 162 valence electrons. The van der Waals surface area contributed by atoms with E-state index in [1.54, 1.807) is 12.1 Å². The summed E-state index contributed by atoms with van der Waals surface area (Å²) in [5, 5.41) is 25.8. The SMILES string of the molecule is C[C@]12CC[C@H]3[C@@H](CC[C@H]4C/C(=N/Oc5ccc([N+](=O)[O-])cc5)CC[C@@H]43)[C@@H]1CC[C@@H]2O. The first kappa shape index (κ1) is 20.0. The van der Waals surface area contributed by atoms with Crippen LogP contribution in [0.25, 0.3) is 0 Å². The van der Waals surface area contributed by atoms with Gasteiger partial charge < -0.3 is 9.94 Å². The zero-order valence-corrected chi connectivity index (χ0v) is 17.7. The lowest BCUT2D eigenvalue weighted by molar-refractivity contribution is -0.384.